The third-order valence-corrected chi connectivity index (χ3v) is 2.84. The van der Waals surface area contributed by atoms with Crippen LogP contribution in [0.15, 0.2) is 23.3 Å². The van der Waals surface area contributed by atoms with Crippen LogP contribution >= 0.6 is 0 Å². The highest BCUT2D eigenvalue weighted by atomic mass is 16.2. The third kappa shape index (κ3) is 2.38. The summed E-state index contributed by atoms with van der Waals surface area (Å²) in [5.74, 6) is 0.0768. The molecule has 0 aromatic heterocycles. The number of amides is 1. The number of hydrogen-bond donors (Lipinski definition) is 1. The number of benzene rings is 1. The van der Waals surface area contributed by atoms with Gasteiger partial charge in [-0.25, -0.2) is 0 Å². The van der Waals surface area contributed by atoms with Crippen molar-refractivity contribution in [2.45, 2.75) is 13.3 Å². The molecule has 0 saturated heterocycles. The molecule has 2 rings (SSSR count). The Hall–Kier alpha value is -2.86. The number of hydrogen-bond acceptors (Lipinski definition) is 5. The van der Waals surface area contributed by atoms with E-state index in [1.165, 1.54) is 0 Å². The first kappa shape index (κ1) is 12.6. The summed E-state index contributed by atoms with van der Waals surface area (Å²) in [6.45, 7) is 2.57. The molecule has 1 heterocycles. The van der Waals surface area contributed by atoms with Gasteiger partial charge in [0.05, 0.1) is 12.1 Å². The van der Waals surface area contributed by atoms with E-state index in [1.54, 1.807) is 29.2 Å². The number of nitrogens with one attached hydrogen (secondary N) is 1. The molecule has 0 saturated carbocycles. The van der Waals surface area contributed by atoms with Gasteiger partial charge >= 0.3 is 0 Å². The fourth-order valence-electron chi connectivity index (χ4n) is 1.99. The van der Waals surface area contributed by atoms with Crippen molar-refractivity contribution in [1.29, 1.82) is 10.5 Å². The molecule has 1 aliphatic heterocycles. The van der Waals surface area contributed by atoms with Gasteiger partial charge in [0, 0.05) is 12.2 Å². The quantitative estimate of drug-likeness (QED) is 0.651. The van der Waals surface area contributed by atoms with Crippen LogP contribution < -0.4 is 10.3 Å². The zero-order chi connectivity index (χ0) is 13.8. The summed E-state index contributed by atoms with van der Waals surface area (Å²) in [6.07, 6.45) is 0.367. The van der Waals surface area contributed by atoms with Crippen molar-refractivity contribution in [3.63, 3.8) is 0 Å². The number of nitriles is 2. The minimum Gasteiger partial charge on any atom is -0.312 e. The molecule has 1 aromatic carbocycles. The van der Waals surface area contributed by atoms with Gasteiger partial charge in [-0.05, 0) is 30.7 Å². The smallest absolute Gasteiger partial charge is 0.237 e. The van der Waals surface area contributed by atoms with Crippen LogP contribution in [0.1, 0.15) is 12.5 Å². The molecule has 0 aliphatic carbocycles. The summed E-state index contributed by atoms with van der Waals surface area (Å²) < 4.78 is 0. The predicted octanol–water partition coefficient (Wildman–Crippen LogP) is 1.41. The SMILES string of the molecule is CCN1C(=O)Cc2cc(NN=C(C#N)C#N)ccc21. The van der Waals surface area contributed by atoms with E-state index < -0.39 is 0 Å². The molecule has 0 fully saturated rings. The van der Waals surface area contributed by atoms with Crippen molar-refractivity contribution in [3.05, 3.63) is 23.8 Å². The van der Waals surface area contributed by atoms with Gasteiger partial charge in [-0.2, -0.15) is 15.6 Å². The zero-order valence-corrected chi connectivity index (χ0v) is 10.3. The molecule has 1 N–H and O–H groups in total. The average Bonchev–Trinajstić information content (AvgIpc) is 2.74. The molecule has 1 amide bonds. The molecule has 0 unspecified atom stereocenters. The maximum Gasteiger partial charge on any atom is 0.237 e. The topological polar surface area (TPSA) is 92.3 Å². The van der Waals surface area contributed by atoms with Crippen LogP contribution in [-0.4, -0.2) is 18.2 Å². The highest BCUT2D eigenvalue weighted by molar-refractivity contribution is 6.10. The summed E-state index contributed by atoms with van der Waals surface area (Å²) in [4.78, 5) is 13.4. The lowest BCUT2D eigenvalue weighted by Gasteiger charge is -2.14. The van der Waals surface area contributed by atoms with E-state index >= 15 is 0 Å². The van der Waals surface area contributed by atoms with E-state index in [0.717, 1.165) is 11.3 Å². The number of likely N-dealkylation sites (N-methyl/N-ethyl adjacent to an activating group) is 1. The summed E-state index contributed by atoms with van der Waals surface area (Å²) in [5, 5.41) is 20.8. The maximum atomic E-state index is 11.7. The standard InChI is InChI=1S/C13H11N5O/c1-2-18-12-4-3-10(5-9(12)6-13(18)19)16-17-11(7-14)8-15/h3-5,16H,2,6H2,1H3. The number of nitrogens with zero attached hydrogens (tertiary/aromatic N) is 4. The van der Waals surface area contributed by atoms with Crippen LogP contribution in [0, 0.1) is 22.7 Å². The lowest BCUT2D eigenvalue weighted by atomic mass is 10.1. The van der Waals surface area contributed by atoms with E-state index in [1.807, 2.05) is 13.0 Å². The lowest BCUT2D eigenvalue weighted by molar-refractivity contribution is -0.117. The van der Waals surface area contributed by atoms with E-state index in [-0.39, 0.29) is 11.6 Å². The number of fused-ring (bicyclic) bond motifs is 1. The Morgan fingerprint density at radius 1 is 1.47 bits per heavy atom. The Balaban J connectivity index is 2.23. The Bertz CT molecular complexity index is 619. The Labute approximate surface area is 110 Å². The Kier molecular flexibility index (Phi) is 3.44. The lowest BCUT2D eigenvalue weighted by Crippen LogP contribution is -2.25. The largest absolute Gasteiger partial charge is 0.312 e. The van der Waals surface area contributed by atoms with Crippen LogP contribution in [0.2, 0.25) is 0 Å². The number of carbonyl (C=O) groups is 1. The first-order valence-corrected chi connectivity index (χ1v) is 5.76. The molecule has 94 valence electrons. The molecule has 0 atom stereocenters. The van der Waals surface area contributed by atoms with Crippen LogP contribution in [0.5, 0.6) is 0 Å². The van der Waals surface area contributed by atoms with Gasteiger partial charge in [-0.15, -0.1) is 0 Å². The van der Waals surface area contributed by atoms with E-state index in [9.17, 15) is 4.79 Å². The number of hydrazone groups is 1. The predicted molar refractivity (Wildman–Crippen MR) is 70.5 cm³/mol. The molecule has 0 radical (unpaired) electrons. The summed E-state index contributed by atoms with van der Waals surface area (Å²) >= 11 is 0. The van der Waals surface area contributed by atoms with Crippen molar-refractivity contribution in [2.75, 3.05) is 16.9 Å². The minimum absolute atomic E-state index is 0.0768. The van der Waals surface area contributed by atoms with Crippen LogP contribution in [0.25, 0.3) is 0 Å². The van der Waals surface area contributed by atoms with Gasteiger partial charge in [0.2, 0.25) is 11.6 Å². The summed E-state index contributed by atoms with van der Waals surface area (Å²) in [6, 6.07) is 8.72. The van der Waals surface area contributed by atoms with Crippen LogP contribution in [0.3, 0.4) is 0 Å². The second kappa shape index (κ2) is 5.19. The maximum absolute atomic E-state index is 11.7. The molecule has 1 aliphatic rings. The minimum atomic E-state index is -0.244. The molecule has 6 heteroatoms. The van der Waals surface area contributed by atoms with Crippen molar-refractivity contribution in [3.8, 4) is 12.1 Å². The third-order valence-electron chi connectivity index (χ3n) is 2.84. The molecule has 0 spiro atoms. The van der Waals surface area contributed by atoms with Gasteiger partial charge in [0.25, 0.3) is 0 Å². The summed E-state index contributed by atoms with van der Waals surface area (Å²) in [5.41, 5.74) is 4.86. The normalized spacial score (nSPS) is 12.4. The van der Waals surface area contributed by atoms with Crippen molar-refractivity contribution in [1.82, 2.24) is 0 Å². The molecular formula is C13H11N5O. The Morgan fingerprint density at radius 3 is 2.84 bits per heavy atom. The number of carbonyl (C=O) groups excluding carboxylic acids is 1. The fraction of sp³-hybridized carbons (Fsp3) is 0.231. The van der Waals surface area contributed by atoms with E-state index in [2.05, 4.69) is 10.5 Å². The first-order chi connectivity index (χ1) is 9.19. The van der Waals surface area contributed by atoms with Gasteiger partial charge in [0.1, 0.15) is 12.1 Å². The van der Waals surface area contributed by atoms with Crippen molar-refractivity contribution < 1.29 is 4.79 Å². The second-order valence-corrected chi connectivity index (χ2v) is 3.95. The van der Waals surface area contributed by atoms with Crippen LogP contribution in [-0.2, 0) is 11.2 Å². The molecule has 0 bridgehead atoms. The van der Waals surface area contributed by atoms with Gasteiger partial charge < -0.3 is 4.90 Å². The fourth-order valence-corrected chi connectivity index (χ4v) is 1.99. The van der Waals surface area contributed by atoms with Gasteiger partial charge in [-0.1, -0.05) is 0 Å². The first-order valence-electron chi connectivity index (χ1n) is 5.76. The van der Waals surface area contributed by atoms with Crippen molar-refractivity contribution >= 4 is 23.0 Å². The Morgan fingerprint density at radius 2 is 2.21 bits per heavy atom. The molecule has 19 heavy (non-hydrogen) atoms. The van der Waals surface area contributed by atoms with Gasteiger partial charge in [-0.3, -0.25) is 10.2 Å². The van der Waals surface area contributed by atoms with Crippen molar-refractivity contribution in [2.24, 2.45) is 5.10 Å². The monoisotopic (exact) mass is 253 g/mol. The van der Waals surface area contributed by atoms with Crippen LogP contribution in [0.4, 0.5) is 11.4 Å². The number of anilines is 2. The molecule has 1 aromatic rings. The molecular weight excluding hydrogens is 242 g/mol. The number of rotatable bonds is 3. The van der Waals surface area contributed by atoms with E-state index in [0.29, 0.717) is 18.7 Å². The zero-order valence-electron chi connectivity index (χ0n) is 10.3. The van der Waals surface area contributed by atoms with E-state index in [4.69, 9.17) is 10.5 Å². The molecule has 6 nitrogen and oxygen atoms in total. The second-order valence-electron chi connectivity index (χ2n) is 3.95. The van der Waals surface area contributed by atoms with Gasteiger partial charge in [0.15, 0.2) is 0 Å². The summed E-state index contributed by atoms with van der Waals surface area (Å²) in [7, 11) is 0. The highest BCUT2D eigenvalue weighted by Crippen LogP contribution is 2.30. The highest BCUT2D eigenvalue weighted by Gasteiger charge is 2.25. The average molecular weight is 253 g/mol.